The summed E-state index contributed by atoms with van der Waals surface area (Å²) in [5, 5.41) is 8.36. The van der Waals surface area contributed by atoms with Crippen molar-refractivity contribution in [3.8, 4) is 0 Å². The van der Waals surface area contributed by atoms with Crippen LogP contribution in [0.5, 0.6) is 0 Å². The SMILES string of the molecule is FC(F)(F)c1ccc(C=NN=C(c2ccccc2)c2ccccc2)cc1. The Hall–Kier alpha value is -3.21. The van der Waals surface area contributed by atoms with E-state index < -0.39 is 11.7 Å². The van der Waals surface area contributed by atoms with Crippen molar-refractivity contribution >= 4 is 11.9 Å². The highest BCUT2D eigenvalue weighted by Crippen LogP contribution is 2.28. The monoisotopic (exact) mass is 352 g/mol. The molecule has 0 fully saturated rings. The summed E-state index contributed by atoms with van der Waals surface area (Å²) < 4.78 is 37.8. The van der Waals surface area contributed by atoms with Gasteiger partial charge in [0.05, 0.1) is 11.8 Å². The zero-order valence-electron chi connectivity index (χ0n) is 13.7. The maximum absolute atomic E-state index is 12.6. The molecular formula is C21H15F3N2. The van der Waals surface area contributed by atoms with Gasteiger partial charge in [-0.25, -0.2) is 0 Å². The number of nitrogens with zero attached hydrogens (tertiary/aromatic N) is 2. The third-order valence-electron chi connectivity index (χ3n) is 3.70. The quantitative estimate of drug-likeness (QED) is 0.433. The summed E-state index contributed by atoms with van der Waals surface area (Å²) >= 11 is 0. The smallest absolute Gasteiger partial charge is 0.166 e. The first-order valence-electron chi connectivity index (χ1n) is 7.93. The number of benzene rings is 3. The van der Waals surface area contributed by atoms with Crippen molar-refractivity contribution in [2.45, 2.75) is 6.18 Å². The maximum Gasteiger partial charge on any atom is 0.416 e. The molecule has 0 aliphatic heterocycles. The van der Waals surface area contributed by atoms with E-state index in [1.54, 1.807) is 0 Å². The summed E-state index contributed by atoms with van der Waals surface area (Å²) in [6, 6.07) is 24.0. The van der Waals surface area contributed by atoms with Gasteiger partial charge in [-0.15, -0.1) is 5.10 Å². The lowest BCUT2D eigenvalue weighted by Crippen LogP contribution is -2.04. The Kier molecular flexibility index (Phi) is 5.27. The fraction of sp³-hybridized carbons (Fsp3) is 0.0476. The molecule has 5 heteroatoms. The van der Waals surface area contributed by atoms with Crippen LogP contribution < -0.4 is 0 Å². The van der Waals surface area contributed by atoms with Crippen molar-refractivity contribution in [1.29, 1.82) is 0 Å². The van der Waals surface area contributed by atoms with E-state index in [2.05, 4.69) is 10.2 Å². The summed E-state index contributed by atoms with van der Waals surface area (Å²) in [5.41, 5.74) is 2.36. The maximum atomic E-state index is 12.6. The highest BCUT2D eigenvalue weighted by molar-refractivity contribution is 6.12. The lowest BCUT2D eigenvalue weighted by molar-refractivity contribution is -0.137. The summed E-state index contributed by atoms with van der Waals surface area (Å²) in [4.78, 5) is 0. The van der Waals surface area contributed by atoms with Crippen LogP contribution in [0.2, 0.25) is 0 Å². The lowest BCUT2D eigenvalue weighted by Gasteiger charge is -2.06. The Labute approximate surface area is 149 Å². The molecule has 0 N–H and O–H groups in total. The molecule has 0 spiro atoms. The van der Waals surface area contributed by atoms with Crippen LogP contribution in [0, 0.1) is 0 Å². The highest BCUT2D eigenvalue weighted by Gasteiger charge is 2.29. The highest BCUT2D eigenvalue weighted by atomic mass is 19.4. The van der Waals surface area contributed by atoms with Crippen LogP contribution in [0.1, 0.15) is 22.3 Å². The molecule has 26 heavy (non-hydrogen) atoms. The molecule has 0 amide bonds. The first-order valence-corrected chi connectivity index (χ1v) is 7.93. The Balaban J connectivity index is 1.88. The lowest BCUT2D eigenvalue weighted by atomic mass is 10.0. The molecule has 3 aromatic rings. The zero-order chi connectivity index (χ0) is 18.4. The average Bonchev–Trinajstić information content (AvgIpc) is 2.66. The molecule has 0 aliphatic carbocycles. The van der Waals surface area contributed by atoms with Gasteiger partial charge in [0.15, 0.2) is 0 Å². The molecule has 0 saturated carbocycles. The number of rotatable bonds is 4. The van der Waals surface area contributed by atoms with Crippen LogP contribution in [0.3, 0.4) is 0 Å². The number of hydrogen-bond acceptors (Lipinski definition) is 2. The Bertz CT molecular complexity index is 856. The third-order valence-corrected chi connectivity index (χ3v) is 3.70. The van der Waals surface area contributed by atoms with Gasteiger partial charge in [0.1, 0.15) is 5.71 Å². The van der Waals surface area contributed by atoms with Gasteiger partial charge in [-0.1, -0.05) is 72.8 Å². The average molecular weight is 352 g/mol. The minimum Gasteiger partial charge on any atom is -0.166 e. The van der Waals surface area contributed by atoms with Crippen molar-refractivity contribution in [3.05, 3.63) is 107 Å². The molecular weight excluding hydrogens is 337 g/mol. The van der Waals surface area contributed by atoms with E-state index in [0.29, 0.717) is 11.3 Å². The minimum atomic E-state index is -4.35. The van der Waals surface area contributed by atoms with Crippen molar-refractivity contribution in [2.24, 2.45) is 10.2 Å². The fourth-order valence-corrected chi connectivity index (χ4v) is 2.39. The molecule has 3 rings (SSSR count). The van der Waals surface area contributed by atoms with Crippen LogP contribution in [0.15, 0.2) is 95.1 Å². The number of alkyl halides is 3. The number of halogens is 3. The molecule has 0 aromatic heterocycles. The molecule has 0 radical (unpaired) electrons. The summed E-state index contributed by atoms with van der Waals surface area (Å²) in [6.07, 6.45) is -2.91. The van der Waals surface area contributed by atoms with E-state index in [4.69, 9.17) is 0 Å². The topological polar surface area (TPSA) is 24.7 Å². The predicted octanol–water partition coefficient (Wildman–Crippen LogP) is 5.58. The van der Waals surface area contributed by atoms with Gasteiger partial charge < -0.3 is 0 Å². The third kappa shape index (κ3) is 4.45. The first-order chi connectivity index (χ1) is 12.5. The summed E-state index contributed by atoms with van der Waals surface area (Å²) in [6.45, 7) is 0. The van der Waals surface area contributed by atoms with Gasteiger partial charge in [-0.05, 0) is 17.7 Å². The van der Waals surface area contributed by atoms with Gasteiger partial charge in [0.2, 0.25) is 0 Å². The van der Waals surface area contributed by atoms with Crippen molar-refractivity contribution in [3.63, 3.8) is 0 Å². The molecule has 130 valence electrons. The second-order valence-corrected chi connectivity index (χ2v) is 5.54. The Morgan fingerprint density at radius 1 is 0.692 bits per heavy atom. The van der Waals surface area contributed by atoms with Gasteiger partial charge in [0.25, 0.3) is 0 Å². The van der Waals surface area contributed by atoms with E-state index in [9.17, 15) is 13.2 Å². The first kappa shape index (κ1) is 17.6. The number of hydrogen-bond donors (Lipinski definition) is 0. The van der Waals surface area contributed by atoms with E-state index in [-0.39, 0.29) is 0 Å². The van der Waals surface area contributed by atoms with Gasteiger partial charge in [-0.3, -0.25) is 0 Å². The van der Waals surface area contributed by atoms with Crippen molar-refractivity contribution < 1.29 is 13.2 Å². The molecule has 0 unspecified atom stereocenters. The van der Waals surface area contributed by atoms with E-state index in [1.165, 1.54) is 18.3 Å². The molecule has 0 heterocycles. The molecule has 0 atom stereocenters. The normalized spacial score (nSPS) is 11.5. The standard InChI is InChI=1S/C21H15F3N2/c22-21(23,24)19-13-11-16(12-14-19)15-25-26-20(17-7-3-1-4-8-17)18-9-5-2-6-10-18/h1-15H. The van der Waals surface area contributed by atoms with E-state index in [1.807, 2.05) is 60.7 Å². The van der Waals surface area contributed by atoms with Crippen LogP contribution in [-0.4, -0.2) is 11.9 Å². The second kappa shape index (κ2) is 7.78. The van der Waals surface area contributed by atoms with Gasteiger partial charge in [-0.2, -0.15) is 18.3 Å². The molecule has 3 aromatic carbocycles. The zero-order valence-corrected chi connectivity index (χ0v) is 13.7. The van der Waals surface area contributed by atoms with Crippen LogP contribution >= 0.6 is 0 Å². The van der Waals surface area contributed by atoms with Gasteiger partial charge in [0, 0.05) is 11.1 Å². The largest absolute Gasteiger partial charge is 0.416 e. The minimum absolute atomic E-state index is 0.544. The van der Waals surface area contributed by atoms with Gasteiger partial charge >= 0.3 is 6.18 Å². The Morgan fingerprint density at radius 2 is 1.19 bits per heavy atom. The molecule has 0 aliphatic rings. The summed E-state index contributed by atoms with van der Waals surface area (Å²) in [7, 11) is 0. The van der Waals surface area contributed by atoms with Crippen LogP contribution in [0.4, 0.5) is 13.2 Å². The second-order valence-electron chi connectivity index (χ2n) is 5.54. The van der Waals surface area contributed by atoms with Crippen LogP contribution in [-0.2, 0) is 6.18 Å². The van der Waals surface area contributed by atoms with Crippen LogP contribution in [0.25, 0.3) is 0 Å². The van der Waals surface area contributed by atoms with Crippen molar-refractivity contribution in [2.75, 3.05) is 0 Å². The summed E-state index contributed by atoms with van der Waals surface area (Å²) in [5.74, 6) is 0. The van der Waals surface area contributed by atoms with Crippen molar-refractivity contribution in [1.82, 2.24) is 0 Å². The Morgan fingerprint density at radius 3 is 1.65 bits per heavy atom. The van der Waals surface area contributed by atoms with E-state index in [0.717, 1.165) is 23.3 Å². The molecule has 2 nitrogen and oxygen atoms in total. The molecule has 0 saturated heterocycles. The fourth-order valence-electron chi connectivity index (χ4n) is 2.39. The molecule has 0 bridgehead atoms. The predicted molar refractivity (Wildman–Crippen MR) is 97.6 cm³/mol. The van der Waals surface area contributed by atoms with E-state index >= 15 is 0 Å².